The van der Waals surface area contributed by atoms with Gasteiger partial charge in [-0.2, -0.15) is 13.2 Å². The summed E-state index contributed by atoms with van der Waals surface area (Å²) >= 11 is 1.22. The highest BCUT2D eigenvalue weighted by molar-refractivity contribution is 7.98. The predicted molar refractivity (Wildman–Crippen MR) is 91.9 cm³/mol. The van der Waals surface area contributed by atoms with Crippen molar-refractivity contribution in [2.24, 2.45) is 0 Å². The quantitative estimate of drug-likeness (QED) is 0.617. The second-order valence-electron chi connectivity index (χ2n) is 5.26. The number of nitrogens with one attached hydrogen (secondary N) is 1. The third kappa shape index (κ3) is 4.66. The summed E-state index contributed by atoms with van der Waals surface area (Å²) in [6, 6.07) is 14.4. The first kappa shape index (κ1) is 18.1. The molecule has 0 fully saturated rings. The van der Waals surface area contributed by atoms with Gasteiger partial charge in [0, 0.05) is 11.9 Å². The third-order valence-corrected chi connectivity index (χ3v) is 4.31. The molecule has 0 bridgehead atoms. The van der Waals surface area contributed by atoms with Gasteiger partial charge in [0.25, 0.3) is 5.91 Å². The average Bonchev–Trinajstić information content (AvgIpc) is 3.10. The molecule has 3 aromatic rings. The average molecular weight is 378 g/mol. The highest BCUT2D eigenvalue weighted by Crippen LogP contribution is 2.30. The van der Waals surface area contributed by atoms with Crippen LogP contribution in [0.5, 0.6) is 0 Å². The number of rotatable bonds is 5. The van der Waals surface area contributed by atoms with Crippen LogP contribution in [-0.2, 0) is 11.9 Å². The van der Waals surface area contributed by atoms with Crippen LogP contribution in [0.4, 0.5) is 18.9 Å². The fourth-order valence-corrected chi connectivity index (χ4v) is 2.81. The summed E-state index contributed by atoms with van der Waals surface area (Å²) in [5.74, 6) is 0.650. The van der Waals surface area contributed by atoms with Gasteiger partial charge in [0.2, 0.25) is 0 Å². The van der Waals surface area contributed by atoms with Crippen LogP contribution < -0.4 is 5.32 Å². The van der Waals surface area contributed by atoms with E-state index in [1.165, 1.54) is 17.8 Å². The molecule has 8 heteroatoms. The van der Waals surface area contributed by atoms with Gasteiger partial charge < -0.3 is 9.73 Å². The molecule has 0 aliphatic heterocycles. The Labute approximate surface area is 151 Å². The maximum absolute atomic E-state index is 12.5. The molecule has 134 valence electrons. The molecule has 0 saturated carbocycles. The molecule has 3 rings (SSSR count). The zero-order valence-corrected chi connectivity index (χ0v) is 14.1. The molecule has 0 radical (unpaired) electrons. The maximum Gasteiger partial charge on any atom is 0.417 e. The van der Waals surface area contributed by atoms with Crippen molar-refractivity contribution in [3.63, 3.8) is 0 Å². The minimum Gasteiger partial charge on any atom is -0.455 e. The van der Waals surface area contributed by atoms with Crippen molar-refractivity contribution in [2.75, 3.05) is 5.32 Å². The SMILES string of the molecule is O=C(Nc1ccccc1)c1ccc(CSc2ccc(C(F)(F)F)cn2)o1. The number of para-hydroxylation sites is 1. The van der Waals surface area contributed by atoms with Crippen molar-refractivity contribution in [2.45, 2.75) is 17.0 Å². The molecule has 0 spiro atoms. The summed E-state index contributed by atoms with van der Waals surface area (Å²) in [5, 5.41) is 3.14. The first-order chi connectivity index (χ1) is 12.4. The maximum atomic E-state index is 12.5. The number of carbonyl (C=O) groups excluding carboxylic acids is 1. The number of hydrogen-bond donors (Lipinski definition) is 1. The van der Waals surface area contributed by atoms with E-state index in [-0.39, 0.29) is 11.7 Å². The number of anilines is 1. The molecule has 1 aromatic carbocycles. The normalized spacial score (nSPS) is 11.3. The van der Waals surface area contributed by atoms with Gasteiger partial charge in [-0.25, -0.2) is 4.98 Å². The molecule has 1 N–H and O–H groups in total. The number of benzene rings is 1. The molecular formula is C18H13F3N2O2S. The van der Waals surface area contributed by atoms with Crippen molar-refractivity contribution in [3.8, 4) is 0 Å². The van der Waals surface area contributed by atoms with Gasteiger partial charge in [0.05, 0.1) is 16.3 Å². The lowest BCUT2D eigenvalue weighted by Crippen LogP contribution is -2.10. The second kappa shape index (κ2) is 7.65. The van der Waals surface area contributed by atoms with E-state index in [2.05, 4.69) is 10.3 Å². The molecule has 0 aliphatic rings. The summed E-state index contributed by atoms with van der Waals surface area (Å²) in [6.45, 7) is 0. The highest BCUT2D eigenvalue weighted by atomic mass is 32.2. The predicted octanol–water partition coefficient (Wildman–Crippen LogP) is 5.24. The molecule has 26 heavy (non-hydrogen) atoms. The minimum atomic E-state index is -4.40. The minimum absolute atomic E-state index is 0.157. The number of carbonyl (C=O) groups is 1. The molecule has 0 aliphatic carbocycles. The Hall–Kier alpha value is -2.74. The number of alkyl halides is 3. The molecule has 0 unspecified atom stereocenters. The van der Waals surface area contributed by atoms with Crippen molar-refractivity contribution < 1.29 is 22.4 Å². The fourth-order valence-electron chi connectivity index (χ4n) is 2.07. The Kier molecular flexibility index (Phi) is 5.32. The third-order valence-electron chi connectivity index (χ3n) is 3.34. The largest absolute Gasteiger partial charge is 0.455 e. The number of nitrogens with zero attached hydrogens (tertiary/aromatic N) is 1. The van der Waals surface area contributed by atoms with Crippen molar-refractivity contribution >= 4 is 23.4 Å². The van der Waals surface area contributed by atoms with E-state index < -0.39 is 11.7 Å². The van der Waals surface area contributed by atoms with Crippen molar-refractivity contribution in [3.05, 3.63) is 77.9 Å². The number of amides is 1. The lowest BCUT2D eigenvalue weighted by molar-refractivity contribution is -0.137. The number of halogens is 3. The molecule has 0 atom stereocenters. The smallest absolute Gasteiger partial charge is 0.417 e. The van der Waals surface area contributed by atoms with E-state index >= 15 is 0 Å². The van der Waals surface area contributed by atoms with E-state index in [0.717, 1.165) is 12.3 Å². The Morgan fingerprint density at radius 2 is 1.85 bits per heavy atom. The highest BCUT2D eigenvalue weighted by Gasteiger charge is 2.30. The number of pyridine rings is 1. The molecule has 2 aromatic heterocycles. The van der Waals surface area contributed by atoms with Crippen LogP contribution in [0.15, 0.2) is 70.2 Å². The van der Waals surface area contributed by atoms with Crippen molar-refractivity contribution in [1.29, 1.82) is 0 Å². The molecule has 1 amide bonds. The van der Waals surface area contributed by atoms with Gasteiger partial charge >= 0.3 is 6.18 Å². The van der Waals surface area contributed by atoms with Crippen LogP contribution in [0.3, 0.4) is 0 Å². The summed E-state index contributed by atoms with van der Waals surface area (Å²) in [7, 11) is 0. The van der Waals surface area contributed by atoms with Gasteiger partial charge in [-0.3, -0.25) is 4.79 Å². The summed E-state index contributed by atoms with van der Waals surface area (Å²) < 4.78 is 43.0. The van der Waals surface area contributed by atoms with E-state index in [9.17, 15) is 18.0 Å². The lowest BCUT2D eigenvalue weighted by atomic mass is 10.3. The lowest BCUT2D eigenvalue weighted by Gasteiger charge is -2.06. The Morgan fingerprint density at radius 1 is 1.08 bits per heavy atom. The molecule has 2 heterocycles. The number of aromatic nitrogens is 1. The van der Waals surface area contributed by atoms with Crippen molar-refractivity contribution in [1.82, 2.24) is 4.98 Å². The molecule has 0 saturated heterocycles. The van der Waals surface area contributed by atoms with E-state index in [4.69, 9.17) is 4.42 Å². The van der Waals surface area contributed by atoms with Crippen LogP contribution in [0.25, 0.3) is 0 Å². The fraction of sp³-hybridized carbons (Fsp3) is 0.111. The Morgan fingerprint density at radius 3 is 2.50 bits per heavy atom. The molecule has 4 nitrogen and oxygen atoms in total. The number of furan rings is 1. The van der Waals surface area contributed by atoms with Crippen LogP contribution in [0, 0.1) is 0 Å². The van der Waals surface area contributed by atoms with Crippen LogP contribution in [0.1, 0.15) is 21.9 Å². The summed E-state index contributed by atoms with van der Waals surface area (Å²) in [5.41, 5.74) is -0.140. The van der Waals surface area contributed by atoms with Crippen LogP contribution in [0.2, 0.25) is 0 Å². The molecular weight excluding hydrogens is 365 g/mol. The van der Waals surface area contributed by atoms with Gasteiger partial charge in [0.1, 0.15) is 5.76 Å². The number of thioether (sulfide) groups is 1. The van der Waals surface area contributed by atoms with E-state index in [0.29, 0.717) is 22.2 Å². The van der Waals surface area contributed by atoms with Gasteiger partial charge in [-0.1, -0.05) is 30.0 Å². The Balaban J connectivity index is 1.57. The van der Waals surface area contributed by atoms with Gasteiger partial charge in [0.15, 0.2) is 5.76 Å². The monoisotopic (exact) mass is 378 g/mol. The van der Waals surface area contributed by atoms with Crippen LogP contribution in [-0.4, -0.2) is 10.9 Å². The van der Waals surface area contributed by atoms with Gasteiger partial charge in [-0.05, 0) is 36.4 Å². The Bertz CT molecular complexity index is 877. The van der Waals surface area contributed by atoms with E-state index in [1.807, 2.05) is 6.07 Å². The summed E-state index contributed by atoms with van der Waals surface area (Å²) in [6.07, 6.45) is -3.61. The topological polar surface area (TPSA) is 55.1 Å². The van der Waals surface area contributed by atoms with E-state index in [1.54, 1.807) is 36.4 Å². The zero-order valence-electron chi connectivity index (χ0n) is 13.3. The zero-order chi connectivity index (χ0) is 18.6. The second-order valence-corrected chi connectivity index (χ2v) is 6.25. The first-order valence-corrected chi connectivity index (χ1v) is 8.51. The van der Waals surface area contributed by atoms with Gasteiger partial charge in [-0.15, -0.1) is 0 Å². The summed E-state index contributed by atoms with van der Waals surface area (Å²) in [4.78, 5) is 15.9. The number of hydrogen-bond acceptors (Lipinski definition) is 4. The van der Waals surface area contributed by atoms with Crippen LogP contribution >= 0.6 is 11.8 Å². The standard InChI is InChI=1S/C18H13F3N2O2S/c19-18(20,21)12-6-9-16(22-10-12)26-11-14-7-8-15(25-14)17(24)23-13-4-2-1-3-5-13/h1-10H,11H2,(H,23,24). The first-order valence-electron chi connectivity index (χ1n) is 7.53.